The van der Waals surface area contributed by atoms with Crippen LogP contribution in [0.5, 0.6) is 0 Å². The Morgan fingerprint density at radius 2 is 1.96 bits per heavy atom. The molecule has 9 heteroatoms. The first kappa shape index (κ1) is 17.3. The summed E-state index contributed by atoms with van der Waals surface area (Å²) in [7, 11) is 0. The lowest BCUT2D eigenvalue weighted by Gasteiger charge is -2.07. The molecule has 1 amide bonds. The molecule has 0 fully saturated rings. The molecule has 2 aromatic heterocycles. The molecule has 0 radical (unpaired) electrons. The van der Waals surface area contributed by atoms with Crippen LogP contribution in [0.25, 0.3) is 11.2 Å². The Bertz CT molecular complexity index is 910. The van der Waals surface area contributed by atoms with Crippen molar-refractivity contribution < 1.29 is 19.4 Å². The smallest absolute Gasteiger partial charge is 0.413 e. The van der Waals surface area contributed by atoms with Crippen molar-refractivity contribution in [1.82, 2.24) is 19.5 Å². The molecule has 0 spiro atoms. The standard InChI is InChI=1S/C17H17N5O4/c23-13(24)7-4-8-22-11-20-14-15(18-10-19-16(14)22)21-17(25)26-9-12-5-2-1-3-6-12/h1-3,5-6,10-11H,4,7-9H2,(H,23,24)(H,18,19,21,25). The minimum atomic E-state index is -0.854. The van der Waals surface area contributed by atoms with E-state index in [1.807, 2.05) is 30.3 Å². The molecular formula is C17H17N5O4. The molecule has 9 nitrogen and oxygen atoms in total. The molecule has 0 atom stereocenters. The number of rotatable bonds is 7. The van der Waals surface area contributed by atoms with Gasteiger partial charge in [0.25, 0.3) is 0 Å². The summed E-state index contributed by atoms with van der Waals surface area (Å²) >= 11 is 0. The van der Waals surface area contributed by atoms with Crippen molar-refractivity contribution in [3.63, 3.8) is 0 Å². The molecule has 2 N–H and O–H groups in total. The Morgan fingerprint density at radius 3 is 2.73 bits per heavy atom. The fourth-order valence-corrected chi connectivity index (χ4v) is 2.39. The molecule has 0 aliphatic rings. The lowest BCUT2D eigenvalue weighted by atomic mass is 10.2. The van der Waals surface area contributed by atoms with Crippen molar-refractivity contribution in [2.24, 2.45) is 0 Å². The van der Waals surface area contributed by atoms with Gasteiger partial charge < -0.3 is 14.4 Å². The maximum absolute atomic E-state index is 12.0. The summed E-state index contributed by atoms with van der Waals surface area (Å²) in [6.07, 6.45) is 2.72. The Kier molecular flexibility index (Phi) is 5.37. The summed E-state index contributed by atoms with van der Waals surface area (Å²) < 4.78 is 6.89. The van der Waals surface area contributed by atoms with Crippen LogP contribution in [-0.2, 0) is 22.7 Å². The van der Waals surface area contributed by atoms with E-state index in [9.17, 15) is 9.59 Å². The number of hydrogen-bond acceptors (Lipinski definition) is 6. The van der Waals surface area contributed by atoms with Crippen LogP contribution in [0.2, 0.25) is 0 Å². The van der Waals surface area contributed by atoms with Crippen LogP contribution in [0.15, 0.2) is 43.0 Å². The predicted molar refractivity (Wildman–Crippen MR) is 92.4 cm³/mol. The summed E-state index contributed by atoms with van der Waals surface area (Å²) in [6.45, 7) is 0.599. The number of ether oxygens (including phenoxy) is 1. The van der Waals surface area contributed by atoms with E-state index in [0.717, 1.165) is 5.56 Å². The molecule has 0 bridgehead atoms. The van der Waals surface area contributed by atoms with Crippen LogP contribution in [0.1, 0.15) is 18.4 Å². The lowest BCUT2D eigenvalue weighted by molar-refractivity contribution is -0.137. The molecule has 1 aromatic carbocycles. The number of carboxylic acids is 1. The van der Waals surface area contributed by atoms with E-state index < -0.39 is 12.1 Å². The highest BCUT2D eigenvalue weighted by molar-refractivity contribution is 5.93. The first-order valence-corrected chi connectivity index (χ1v) is 7.99. The highest BCUT2D eigenvalue weighted by atomic mass is 16.5. The van der Waals surface area contributed by atoms with Gasteiger partial charge in [-0.05, 0) is 12.0 Å². The number of hydrogen-bond donors (Lipinski definition) is 2. The SMILES string of the molecule is O=C(O)CCCn1cnc2c(NC(=O)OCc3ccccc3)ncnc21. The van der Waals surface area contributed by atoms with Crippen LogP contribution >= 0.6 is 0 Å². The Labute approximate surface area is 148 Å². The average molecular weight is 355 g/mol. The summed E-state index contributed by atoms with van der Waals surface area (Å²) in [5, 5.41) is 11.3. The van der Waals surface area contributed by atoms with Gasteiger partial charge in [0.05, 0.1) is 6.33 Å². The van der Waals surface area contributed by atoms with Crippen molar-refractivity contribution >= 4 is 29.0 Å². The minimum Gasteiger partial charge on any atom is -0.481 e. The molecule has 0 aliphatic heterocycles. The monoisotopic (exact) mass is 355 g/mol. The van der Waals surface area contributed by atoms with Crippen molar-refractivity contribution in [2.45, 2.75) is 26.0 Å². The molecule has 0 aliphatic carbocycles. The topological polar surface area (TPSA) is 119 Å². The second-order valence-corrected chi connectivity index (χ2v) is 5.52. The fraction of sp³-hybridized carbons (Fsp3) is 0.235. The number of imidazole rings is 1. The van der Waals surface area contributed by atoms with Gasteiger partial charge >= 0.3 is 12.1 Å². The van der Waals surface area contributed by atoms with E-state index in [2.05, 4.69) is 20.3 Å². The van der Waals surface area contributed by atoms with Gasteiger partial charge in [-0.2, -0.15) is 0 Å². The molecule has 0 saturated heterocycles. The van der Waals surface area contributed by atoms with Gasteiger partial charge in [-0.25, -0.2) is 19.7 Å². The molecule has 3 aromatic rings. The van der Waals surface area contributed by atoms with Gasteiger partial charge in [-0.3, -0.25) is 10.1 Å². The molecule has 3 rings (SSSR count). The van der Waals surface area contributed by atoms with Crippen LogP contribution in [0.4, 0.5) is 10.6 Å². The number of carboxylic acid groups (broad SMARTS) is 1. The van der Waals surface area contributed by atoms with Gasteiger partial charge in [0.2, 0.25) is 0 Å². The number of aryl methyl sites for hydroxylation is 1. The van der Waals surface area contributed by atoms with Gasteiger partial charge in [-0.1, -0.05) is 30.3 Å². The van der Waals surface area contributed by atoms with Gasteiger partial charge in [0.1, 0.15) is 12.9 Å². The van der Waals surface area contributed by atoms with E-state index in [1.54, 1.807) is 10.9 Å². The number of nitrogens with zero attached hydrogens (tertiary/aromatic N) is 4. The quantitative estimate of drug-likeness (QED) is 0.668. The highest BCUT2D eigenvalue weighted by Gasteiger charge is 2.13. The zero-order valence-electron chi connectivity index (χ0n) is 13.8. The minimum absolute atomic E-state index is 0.0572. The summed E-state index contributed by atoms with van der Waals surface area (Å²) in [6, 6.07) is 9.32. The number of fused-ring (bicyclic) bond motifs is 1. The molecule has 134 valence electrons. The van der Waals surface area contributed by atoms with E-state index in [0.29, 0.717) is 24.1 Å². The molecular weight excluding hydrogens is 338 g/mol. The first-order valence-electron chi connectivity index (χ1n) is 7.99. The highest BCUT2D eigenvalue weighted by Crippen LogP contribution is 2.18. The third-order valence-corrected chi connectivity index (χ3v) is 3.62. The second-order valence-electron chi connectivity index (χ2n) is 5.52. The zero-order chi connectivity index (χ0) is 18.4. The van der Waals surface area contributed by atoms with Crippen molar-refractivity contribution in [1.29, 1.82) is 0 Å². The van der Waals surface area contributed by atoms with Crippen molar-refractivity contribution in [3.8, 4) is 0 Å². The number of aromatic nitrogens is 4. The Morgan fingerprint density at radius 1 is 1.15 bits per heavy atom. The number of carbonyl (C=O) groups excluding carboxylic acids is 1. The fourth-order valence-electron chi connectivity index (χ4n) is 2.39. The Balaban J connectivity index is 1.65. The second kappa shape index (κ2) is 8.06. The maximum Gasteiger partial charge on any atom is 0.413 e. The number of benzene rings is 1. The third-order valence-electron chi connectivity index (χ3n) is 3.62. The Hall–Kier alpha value is -3.49. The zero-order valence-corrected chi connectivity index (χ0v) is 13.8. The van der Waals surface area contributed by atoms with Crippen LogP contribution in [-0.4, -0.2) is 36.7 Å². The largest absolute Gasteiger partial charge is 0.481 e. The first-order chi connectivity index (χ1) is 12.6. The summed E-state index contributed by atoms with van der Waals surface area (Å²) in [5.41, 5.74) is 1.81. The van der Waals surface area contributed by atoms with Crippen molar-refractivity contribution in [2.75, 3.05) is 5.32 Å². The van der Waals surface area contributed by atoms with Gasteiger partial charge in [-0.15, -0.1) is 0 Å². The summed E-state index contributed by atoms with van der Waals surface area (Å²) in [5.74, 6) is -0.613. The molecule has 0 saturated carbocycles. The predicted octanol–water partition coefficient (Wildman–Crippen LogP) is 2.44. The lowest BCUT2D eigenvalue weighted by Crippen LogP contribution is -2.15. The number of anilines is 1. The maximum atomic E-state index is 12.0. The van der Waals surface area contributed by atoms with E-state index >= 15 is 0 Å². The number of aliphatic carboxylic acids is 1. The average Bonchev–Trinajstić information content (AvgIpc) is 3.05. The van der Waals surface area contributed by atoms with Gasteiger partial charge in [0.15, 0.2) is 17.0 Å². The van der Waals surface area contributed by atoms with E-state index in [-0.39, 0.29) is 18.8 Å². The van der Waals surface area contributed by atoms with Crippen molar-refractivity contribution in [3.05, 3.63) is 48.5 Å². The van der Waals surface area contributed by atoms with Gasteiger partial charge in [0, 0.05) is 13.0 Å². The number of amides is 1. The molecule has 0 unspecified atom stereocenters. The molecule has 26 heavy (non-hydrogen) atoms. The third kappa shape index (κ3) is 4.32. The normalized spacial score (nSPS) is 10.6. The number of carbonyl (C=O) groups is 2. The van der Waals surface area contributed by atoms with E-state index in [4.69, 9.17) is 9.84 Å². The van der Waals surface area contributed by atoms with Crippen LogP contribution < -0.4 is 5.32 Å². The summed E-state index contributed by atoms with van der Waals surface area (Å²) in [4.78, 5) is 35.0. The number of nitrogens with one attached hydrogen (secondary N) is 1. The van der Waals surface area contributed by atoms with Crippen LogP contribution in [0, 0.1) is 0 Å². The molecule has 2 heterocycles. The van der Waals surface area contributed by atoms with E-state index in [1.165, 1.54) is 6.33 Å². The van der Waals surface area contributed by atoms with Crippen LogP contribution in [0.3, 0.4) is 0 Å².